The summed E-state index contributed by atoms with van der Waals surface area (Å²) < 4.78 is 18.3. The number of piperidine rings is 1. The van der Waals surface area contributed by atoms with Crippen molar-refractivity contribution in [3.05, 3.63) is 59.9 Å². The number of ether oxygens (including phenoxy) is 1. The molecule has 5 heteroatoms. The standard InChI is InChI=1S/C22H27FN2O2/c1-16-4-3-13-25(14-16)20-9-5-18(6-10-20)17(2)24-22(26)15-27-21-11-7-19(23)8-12-21/h5-12,16-17H,3-4,13-15H2,1-2H3,(H,24,26)/t16-,17-/m0/s1. The topological polar surface area (TPSA) is 41.6 Å². The largest absolute Gasteiger partial charge is 0.484 e. The van der Waals surface area contributed by atoms with Gasteiger partial charge in [0.05, 0.1) is 6.04 Å². The fourth-order valence-corrected chi connectivity index (χ4v) is 3.44. The van der Waals surface area contributed by atoms with Gasteiger partial charge in [0.25, 0.3) is 5.91 Å². The first-order valence-electron chi connectivity index (χ1n) is 9.54. The van der Waals surface area contributed by atoms with Gasteiger partial charge < -0.3 is 15.0 Å². The van der Waals surface area contributed by atoms with Crippen LogP contribution in [-0.2, 0) is 4.79 Å². The molecule has 1 saturated heterocycles. The second-order valence-corrected chi connectivity index (χ2v) is 7.32. The Morgan fingerprint density at radius 2 is 1.93 bits per heavy atom. The van der Waals surface area contributed by atoms with Gasteiger partial charge in [0.15, 0.2) is 6.61 Å². The highest BCUT2D eigenvalue weighted by molar-refractivity contribution is 5.78. The summed E-state index contributed by atoms with van der Waals surface area (Å²) in [5, 5.41) is 2.93. The van der Waals surface area contributed by atoms with Crippen LogP contribution in [-0.4, -0.2) is 25.6 Å². The van der Waals surface area contributed by atoms with Gasteiger partial charge in [0.2, 0.25) is 0 Å². The monoisotopic (exact) mass is 370 g/mol. The second-order valence-electron chi connectivity index (χ2n) is 7.32. The lowest BCUT2D eigenvalue weighted by Crippen LogP contribution is -2.34. The molecule has 1 fully saturated rings. The second kappa shape index (κ2) is 8.89. The predicted molar refractivity (Wildman–Crippen MR) is 106 cm³/mol. The van der Waals surface area contributed by atoms with E-state index < -0.39 is 0 Å². The SMILES string of the molecule is C[C@H]1CCCN(c2ccc([C@H](C)NC(=O)COc3ccc(F)cc3)cc2)C1. The van der Waals surface area contributed by atoms with Crippen LogP contribution in [0, 0.1) is 11.7 Å². The average molecular weight is 370 g/mol. The summed E-state index contributed by atoms with van der Waals surface area (Å²) >= 11 is 0. The van der Waals surface area contributed by atoms with Crippen LogP contribution in [0.4, 0.5) is 10.1 Å². The van der Waals surface area contributed by atoms with Crippen molar-refractivity contribution in [2.75, 3.05) is 24.6 Å². The first-order valence-corrected chi connectivity index (χ1v) is 9.54. The molecule has 2 aromatic carbocycles. The van der Waals surface area contributed by atoms with Crippen LogP contribution in [0.1, 0.15) is 38.3 Å². The van der Waals surface area contributed by atoms with E-state index in [2.05, 4.69) is 41.4 Å². The Balaban J connectivity index is 1.50. The van der Waals surface area contributed by atoms with Crippen molar-refractivity contribution < 1.29 is 13.9 Å². The molecule has 0 unspecified atom stereocenters. The first kappa shape index (κ1) is 19.2. The number of nitrogens with one attached hydrogen (secondary N) is 1. The van der Waals surface area contributed by atoms with Gasteiger partial charge >= 0.3 is 0 Å². The highest BCUT2D eigenvalue weighted by Gasteiger charge is 2.17. The molecule has 27 heavy (non-hydrogen) atoms. The fourth-order valence-electron chi connectivity index (χ4n) is 3.44. The van der Waals surface area contributed by atoms with Crippen LogP contribution in [0.15, 0.2) is 48.5 Å². The summed E-state index contributed by atoms with van der Waals surface area (Å²) in [6.07, 6.45) is 2.54. The molecule has 0 aromatic heterocycles. The highest BCUT2D eigenvalue weighted by Crippen LogP contribution is 2.24. The van der Waals surface area contributed by atoms with E-state index in [1.54, 1.807) is 0 Å². The minimum Gasteiger partial charge on any atom is -0.484 e. The molecule has 1 aliphatic rings. The molecule has 144 valence electrons. The summed E-state index contributed by atoms with van der Waals surface area (Å²) in [6.45, 7) is 6.36. The number of carbonyl (C=O) groups excluding carboxylic acids is 1. The van der Waals surface area contributed by atoms with Gasteiger partial charge in [-0.1, -0.05) is 19.1 Å². The van der Waals surface area contributed by atoms with Gasteiger partial charge in [-0.25, -0.2) is 4.39 Å². The Labute approximate surface area is 160 Å². The van der Waals surface area contributed by atoms with E-state index in [1.165, 1.54) is 42.8 Å². The summed E-state index contributed by atoms with van der Waals surface area (Å²) in [5.41, 5.74) is 2.29. The average Bonchev–Trinajstić information content (AvgIpc) is 2.67. The molecular formula is C22H27FN2O2. The molecule has 4 nitrogen and oxygen atoms in total. The summed E-state index contributed by atoms with van der Waals surface area (Å²) in [6, 6.07) is 13.9. The lowest BCUT2D eigenvalue weighted by Gasteiger charge is -2.33. The quantitative estimate of drug-likeness (QED) is 0.823. The van der Waals surface area contributed by atoms with E-state index in [0.717, 1.165) is 24.6 Å². The van der Waals surface area contributed by atoms with Crippen molar-refractivity contribution in [1.82, 2.24) is 5.32 Å². The Hall–Kier alpha value is -2.56. The zero-order chi connectivity index (χ0) is 19.2. The van der Waals surface area contributed by atoms with Crippen LogP contribution in [0.2, 0.25) is 0 Å². The number of hydrogen-bond donors (Lipinski definition) is 1. The first-order chi connectivity index (χ1) is 13.0. The molecule has 0 saturated carbocycles. The van der Waals surface area contributed by atoms with Crippen molar-refractivity contribution >= 4 is 11.6 Å². The molecular weight excluding hydrogens is 343 g/mol. The van der Waals surface area contributed by atoms with Crippen LogP contribution in [0.3, 0.4) is 0 Å². The van der Waals surface area contributed by atoms with E-state index in [4.69, 9.17) is 4.74 Å². The highest BCUT2D eigenvalue weighted by atomic mass is 19.1. The normalized spacial score (nSPS) is 18.0. The molecule has 0 aliphatic carbocycles. The van der Waals surface area contributed by atoms with Crippen molar-refractivity contribution in [1.29, 1.82) is 0 Å². The minimum absolute atomic E-state index is 0.0975. The smallest absolute Gasteiger partial charge is 0.258 e. The van der Waals surface area contributed by atoms with E-state index in [-0.39, 0.29) is 24.4 Å². The maximum absolute atomic E-state index is 12.9. The van der Waals surface area contributed by atoms with Crippen LogP contribution < -0.4 is 15.0 Å². The van der Waals surface area contributed by atoms with E-state index >= 15 is 0 Å². The predicted octanol–water partition coefficient (Wildman–Crippen LogP) is 4.32. The Morgan fingerprint density at radius 3 is 2.59 bits per heavy atom. The third-order valence-corrected chi connectivity index (χ3v) is 4.98. The minimum atomic E-state index is -0.331. The number of nitrogens with zero attached hydrogens (tertiary/aromatic N) is 1. The lowest BCUT2D eigenvalue weighted by atomic mass is 9.99. The number of amides is 1. The van der Waals surface area contributed by atoms with E-state index in [9.17, 15) is 9.18 Å². The van der Waals surface area contributed by atoms with Gasteiger partial charge in [0, 0.05) is 18.8 Å². The van der Waals surface area contributed by atoms with Crippen molar-refractivity contribution in [3.8, 4) is 5.75 Å². The van der Waals surface area contributed by atoms with Crippen LogP contribution in [0.25, 0.3) is 0 Å². The maximum atomic E-state index is 12.9. The van der Waals surface area contributed by atoms with Gasteiger partial charge in [-0.3, -0.25) is 4.79 Å². The molecule has 0 radical (unpaired) electrons. The third kappa shape index (κ3) is 5.46. The molecule has 0 bridgehead atoms. The molecule has 2 aromatic rings. The Kier molecular flexibility index (Phi) is 6.32. The van der Waals surface area contributed by atoms with Gasteiger partial charge in [-0.15, -0.1) is 0 Å². The number of anilines is 1. The van der Waals surface area contributed by atoms with Gasteiger partial charge in [-0.2, -0.15) is 0 Å². The number of halogens is 1. The lowest BCUT2D eigenvalue weighted by molar-refractivity contribution is -0.123. The molecule has 1 heterocycles. The van der Waals surface area contributed by atoms with Crippen LogP contribution in [0.5, 0.6) is 5.75 Å². The Bertz CT molecular complexity index is 746. The molecule has 2 atom stereocenters. The third-order valence-electron chi connectivity index (χ3n) is 4.98. The van der Waals surface area contributed by atoms with Crippen molar-refractivity contribution in [2.24, 2.45) is 5.92 Å². The van der Waals surface area contributed by atoms with Gasteiger partial charge in [-0.05, 0) is 67.6 Å². The van der Waals surface area contributed by atoms with Crippen molar-refractivity contribution in [2.45, 2.75) is 32.7 Å². The summed E-state index contributed by atoms with van der Waals surface area (Å²) in [7, 11) is 0. The summed E-state index contributed by atoms with van der Waals surface area (Å²) in [5.74, 6) is 0.667. The molecule has 1 N–H and O–H groups in total. The number of benzene rings is 2. The fraction of sp³-hybridized carbons (Fsp3) is 0.409. The zero-order valence-corrected chi connectivity index (χ0v) is 16.0. The summed E-state index contributed by atoms with van der Waals surface area (Å²) in [4.78, 5) is 14.5. The van der Waals surface area contributed by atoms with Crippen LogP contribution >= 0.6 is 0 Å². The number of rotatable bonds is 6. The molecule has 3 rings (SSSR count). The van der Waals surface area contributed by atoms with E-state index in [1.807, 2.05) is 6.92 Å². The molecule has 0 spiro atoms. The maximum Gasteiger partial charge on any atom is 0.258 e. The molecule has 1 aliphatic heterocycles. The number of carbonyl (C=O) groups is 1. The van der Waals surface area contributed by atoms with E-state index in [0.29, 0.717) is 5.75 Å². The molecule has 1 amide bonds. The van der Waals surface area contributed by atoms with Crippen molar-refractivity contribution in [3.63, 3.8) is 0 Å². The van der Waals surface area contributed by atoms with Gasteiger partial charge in [0.1, 0.15) is 11.6 Å². The Morgan fingerprint density at radius 1 is 1.22 bits per heavy atom. The number of hydrogen-bond acceptors (Lipinski definition) is 3. The zero-order valence-electron chi connectivity index (χ0n) is 16.0.